The number of piperidine rings is 1. The molecule has 3 heterocycles. The van der Waals surface area contributed by atoms with Crippen LogP contribution in [0.3, 0.4) is 0 Å². The number of carbonyl (C=O) groups excluding carboxylic acids is 3. The lowest BCUT2D eigenvalue weighted by Crippen LogP contribution is -2.52. The number of nitrogens with zero attached hydrogens (tertiary/aromatic N) is 2. The van der Waals surface area contributed by atoms with Crippen LogP contribution in [0.25, 0.3) is 0 Å². The minimum absolute atomic E-state index is 0.00184. The van der Waals surface area contributed by atoms with Gasteiger partial charge in [0, 0.05) is 25.7 Å². The van der Waals surface area contributed by atoms with Gasteiger partial charge in [-0.05, 0) is 52.5 Å². The summed E-state index contributed by atoms with van der Waals surface area (Å²) in [4.78, 5) is 40.8. The summed E-state index contributed by atoms with van der Waals surface area (Å²) in [5.74, 6) is -0.187. The zero-order chi connectivity index (χ0) is 20.3. The molecule has 8 nitrogen and oxygen atoms in total. The first-order valence-corrected chi connectivity index (χ1v) is 9.86. The molecule has 3 rings (SSSR count). The summed E-state index contributed by atoms with van der Waals surface area (Å²) in [5, 5.41) is 3.06. The smallest absolute Gasteiger partial charge is 0.410 e. The summed E-state index contributed by atoms with van der Waals surface area (Å²) in [6.45, 7) is 7.13. The molecule has 3 amide bonds. The molecule has 8 heteroatoms. The normalized spacial score (nSPS) is 20.9. The highest BCUT2D eigenvalue weighted by Gasteiger charge is 2.37. The van der Waals surface area contributed by atoms with Crippen molar-refractivity contribution in [1.82, 2.24) is 15.1 Å². The third-order valence-corrected chi connectivity index (χ3v) is 5.08. The van der Waals surface area contributed by atoms with Crippen molar-refractivity contribution in [3.63, 3.8) is 0 Å². The molecule has 0 bridgehead atoms. The number of amides is 3. The first-order valence-electron chi connectivity index (χ1n) is 9.86. The Hall–Kier alpha value is -2.51. The average molecular weight is 391 g/mol. The molecule has 0 spiro atoms. The van der Waals surface area contributed by atoms with E-state index in [0.717, 1.165) is 6.42 Å². The molecule has 1 atom stereocenters. The van der Waals surface area contributed by atoms with Crippen molar-refractivity contribution in [1.29, 1.82) is 0 Å². The van der Waals surface area contributed by atoms with E-state index >= 15 is 0 Å². The Morgan fingerprint density at radius 3 is 2.46 bits per heavy atom. The predicted molar refractivity (Wildman–Crippen MR) is 102 cm³/mol. The second kappa shape index (κ2) is 8.24. The summed E-state index contributed by atoms with van der Waals surface area (Å²) < 4.78 is 10.4. The molecule has 2 saturated heterocycles. The Labute approximate surface area is 165 Å². The number of ether oxygens (including phenoxy) is 1. The van der Waals surface area contributed by atoms with E-state index in [0.29, 0.717) is 44.5 Å². The van der Waals surface area contributed by atoms with Crippen LogP contribution in [0.5, 0.6) is 0 Å². The van der Waals surface area contributed by atoms with Gasteiger partial charge in [-0.3, -0.25) is 14.5 Å². The maximum absolute atomic E-state index is 12.7. The summed E-state index contributed by atoms with van der Waals surface area (Å²) in [6, 6.07) is 1.17. The molecular formula is C20H29N3O5. The zero-order valence-electron chi connectivity index (χ0n) is 16.8. The van der Waals surface area contributed by atoms with Crippen LogP contribution in [0.15, 0.2) is 23.0 Å². The van der Waals surface area contributed by atoms with Gasteiger partial charge >= 0.3 is 6.09 Å². The minimum atomic E-state index is -0.588. The highest BCUT2D eigenvalue weighted by molar-refractivity contribution is 5.94. The largest absolute Gasteiger partial charge is 0.472 e. The Morgan fingerprint density at radius 1 is 1.14 bits per heavy atom. The highest BCUT2D eigenvalue weighted by Crippen LogP contribution is 2.22. The Kier molecular flexibility index (Phi) is 5.96. The van der Waals surface area contributed by atoms with E-state index in [4.69, 9.17) is 9.15 Å². The molecule has 0 aromatic carbocycles. The fourth-order valence-electron chi connectivity index (χ4n) is 3.67. The van der Waals surface area contributed by atoms with E-state index < -0.39 is 17.7 Å². The van der Waals surface area contributed by atoms with Crippen molar-refractivity contribution in [2.45, 2.75) is 64.1 Å². The number of rotatable bonds is 3. The van der Waals surface area contributed by atoms with Crippen LogP contribution in [0, 0.1) is 0 Å². The van der Waals surface area contributed by atoms with Crippen molar-refractivity contribution < 1.29 is 23.5 Å². The van der Waals surface area contributed by atoms with Crippen LogP contribution >= 0.6 is 0 Å². The van der Waals surface area contributed by atoms with Gasteiger partial charge in [0.1, 0.15) is 17.9 Å². The summed E-state index contributed by atoms with van der Waals surface area (Å²) in [6.07, 6.45) is 5.30. The third-order valence-electron chi connectivity index (χ3n) is 5.08. The van der Waals surface area contributed by atoms with E-state index in [9.17, 15) is 14.4 Å². The fourth-order valence-corrected chi connectivity index (χ4v) is 3.67. The molecule has 1 aromatic heterocycles. The van der Waals surface area contributed by atoms with E-state index in [1.165, 1.54) is 17.4 Å². The third kappa shape index (κ3) is 4.85. The van der Waals surface area contributed by atoms with Gasteiger partial charge in [-0.1, -0.05) is 0 Å². The molecule has 0 radical (unpaired) electrons. The first-order chi connectivity index (χ1) is 13.2. The number of carbonyl (C=O) groups is 3. The van der Waals surface area contributed by atoms with Gasteiger partial charge in [0.15, 0.2) is 0 Å². The van der Waals surface area contributed by atoms with Gasteiger partial charge in [-0.15, -0.1) is 0 Å². The minimum Gasteiger partial charge on any atom is -0.472 e. The Balaban J connectivity index is 1.50. The van der Waals surface area contributed by atoms with Crippen LogP contribution in [0.4, 0.5) is 4.79 Å². The number of hydrogen-bond donors (Lipinski definition) is 1. The molecule has 2 fully saturated rings. The van der Waals surface area contributed by atoms with Crippen molar-refractivity contribution >= 4 is 17.9 Å². The SMILES string of the molecule is CC(C)(C)OC(=O)N1CCCC1C(=O)NC1CCN(C(=O)c2ccoc2)CC1. The van der Waals surface area contributed by atoms with Crippen molar-refractivity contribution in [2.75, 3.05) is 19.6 Å². The van der Waals surface area contributed by atoms with Gasteiger partial charge in [-0.2, -0.15) is 0 Å². The van der Waals surface area contributed by atoms with E-state index in [2.05, 4.69) is 5.32 Å². The molecule has 28 heavy (non-hydrogen) atoms. The standard InChI is InChI=1S/C20H29N3O5/c1-20(2,3)28-19(26)23-9-4-5-16(23)17(24)21-15-6-10-22(11-7-15)18(25)14-8-12-27-13-14/h8,12-13,15-16H,4-7,9-11H2,1-3H3,(H,21,24). The number of likely N-dealkylation sites (tertiary alicyclic amines) is 2. The van der Waals surface area contributed by atoms with Crippen LogP contribution in [-0.2, 0) is 9.53 Å². The molecule has 154 valence electrons. The molecule has 2 aliphatic heterocycles. The lowest BCUT2D eigenvalue weighted by molar-refractivity contribution is -0.126. The lowest BCUT2D eigenvalue weighted by Gasteiger charge is -2.33. The van der Waals surface area contributed by atoms with Crippen molar-refractivity contribution in [3.05, 3.63) is 24.2 Å². The molecule has 1 N–H and O–H groups in total. The van der Waals surface area contributed by atoms with Crippen molar-refractivity contribution in [3.8, 4) is 0 Å². The zero-order valence-corrected chi connectivity index (χ0v) is 16.8. The molecule has 1 unspecified atom stereocenters. The topological polar surface area (TPSA) is 92.1 Å². The number of nitrogens with one attached hydrogen (secondary N) is 1. The van der Waals surface area contributed by atoms with Crippen molar-refractivity contribution in [2.24, 2.45) is 0 Å². The second-order valence-electron chi connectivity index (χ2n) is 8.42. The number of furan rings is 1. The fraction of sp³-hybridized carbons (Fsp3) is 0.650. The van der Waals surface area contributed by atoms with E-state index in [1.807, 2.05) is 20.8 Å². The van der Waals surface area contributed by atoms with Crippen LogP contribution in [0.1, 0.15) is 56.8 Å². The van der Waals surface area contributed by atoms with Gasteiger partial charge in [0.25, 0.3) is 5.91 Å². The quantitative estimate of drug-likeness (QED) is 0.854. The molecule has 0 aliphatic carbocycles. The lowest BCUT2D eigenvalue weighted by atomic mass is 10.0. The second-order valence-corrected chi connectivity index (χ2v) is 8.42. The molecule has 1 aromatic rings. The van der Waals surface area contributed by atoms with E-state index in [1.54, 1.807) is 11.0 Å². The van der Waals surface area contributed by atoms with Gasteiger partial charge < -0.3 is 19.4 Å². The summed E-state index contributed by atoms with van der Waals surface area (Å²) >= 11 is 0. The maximum atomic E-state index is 12.7. The van der Waals surface area contributed by atoms with Gasteiger partial charge in [0.2, 0.25) is 5.91 Å². The first kappa shape index (κ1) is 20.2. The van der Waals surface area contributed by atoms with Crippen LogP contribution in [-0.4, -0.2) is 65.0 Å². The Morgan fingerprint density at radius 2 is 1.86 bits per heavy atom. The highest BCUT2D eigenvalue weighted by atomic mass is 16.6. The van der Waals surface area contributed by atoms with E-state index in [-0.39, 0.29) is 17.9 Å². The molecule has 2 aliphatic rings. The molecular weight excluding hydrogens is 362 g/mol. The average Bonchev–Trinajstić information content (AvgIpc) is 3.32. The maximum Gasteiger partial charge on any atom is 0.410 e. The van der Waals surface area contributed by atoms with Crippen LogP contribution < -0.4 is 5.32 Å². The summed E-state index contributed by atoms with van der Waals surface area (Å²) in [5.41, 5.74) is -0.0452. The van der Waals surface area contributed by atoms with Crippen LogP contribution in [0.2, 0.25) is 0 Å². The predicted octanol–water partition coefficient (Wildman–Crippen LogP) is 2.40. The van der Waals surface area contributed by atoms with Gasteiger partial charge in [-0.25, -0.2) is 4.79 Å². The number of hydrogen-bond acceptors (Lipinski definition) is 5. The van der Waals surface area contributed by atoms with Gasteiger partial charge in [0.05, 0.1) is 11.8 Å². The monoisotopic (exact) mass is 391 g/mol. The molecule has 0 saturated carbocycles. The summed E-state index contributed by atoms with van der Waals surface area (Å²) in [7, 11) is 0. The Bertz CT molecular complexity index is 702.